The molecule has 1 aliphatic heterocycles. The zero-order valence-electron chi connectivity index (χ0n) is 13.5. The summed E-state index contributed by atoms with van der Waals surface area (Å²) in [5, 5.41) is 3.36. The number of fused-ring (bicyclic) bond motifs is 1. The number of benzene rings is 1. The minimum atomic E-state index is -0.119. The van der Waals surface area contributed by atoms with Gasteiger partial charge in [-0.3, -0.25) is 9.78 Å². The van der Waals surface area contributed by atoms with E-state index < -0.39 is 0 Å². The quantitative estimate of drug-likeness (QED) is 0.768. The molecule has 1 saturated heterocycles. The topological polar surface area (TPSA) is 87.0 Å². The third-order valence-electron chi connectivity index (χ3n) is 4.20. The normalized spacial score (nSPS) is 18.0. The number of aryl methyl sites for hydroxylation is 1. The average molecular weight is 325 g/mol. The first-order valence-electron chi connectivity index (χ1n) is 8.12. The Bertz CT molecular complexity index is 883. The SMILES string of the molecule is Cc1cc(=O)[nH]c(N2CCCC(Nc3nc4ccccc4o3)C2)n1. The predicted octanol–water partition coefficient (Wildman–Crippen LogP) is 2.30. The van der Waals surface area contributed by atoms with Crippen molar-refractivity contribution >= 4 is 23.1 Å². The van der Waals surface area contributed by atoms with Gasteiger partial charge >= 0.3 is 0 Å². The molecule has 1 aliphatic rings. The standard InChI is InChI=1S/C17H19N5O2/c1-11-9-15(23)21-16(18-11)22-8-4-5-12(10-22)19-17-20-13-6-2-3-7-14(13)24-17/h2-3,6-7,9,12H,4-5,8,10H2,1H3,(H,19,20)(H,18,21,23). The largest absolute Gasteiger partial charge is 0.424 e. The number of hydrogen-bond donors (Lipinski definition) is 2. The lowest BCUT2D eigenvalue weighted by Crippen LogP contribution is -2.43. The zero-order valence-corrected chi connectivity index (χ0v) is 13.5. The van der Waals surface area contributed by atoms with Crippen molar-refractivity contribution in [2.75, 3.05) is 23.3 Å². The molecule has 7 nitrogen and oxygen atoms in total. The van der Waals surface area contributed by atoms with Gasteiger partial charge in [0.25, 0.3) is 11.6 Å². The van der Waals surface area contributed by atoms with Crippen LogP contribution in [0.5, 0.6) is 0 Å². The summed E-state index contributed by atoms with van der Waals surface area (Å²) < 4.78 is 5.74. The fourth-order valence-corrected chi connectivity index (χ4v) is 3.11. The number of nitrogens with one attached hydrogen (secondary N) is 2. The van der Waals surface area contributed by atoms with Crippen molar-refractivity contribution in [3.8, 4) is 0 Å². The van der Waals surface area contributed by atoms with E-state index in [1.165, 1.54) is 6.07 Å². The maximum atomic E-state index is 11.7. The predicted molar refractivity (Wildman–Crippen MR) is 92.5 cm³/mol. The molecule has 0 saturated carbocycles. The maximum absolute atomic E-state index is 11.7. The monoisotopic (exact) mass is 325 g/mol. The first-order chi connectivity index (χ1) is 11.7. The van der Waals surface area contributed by atoms with Gasteiger partial charge in [0, 0.05) is 30.9 Å². The number of para-hydroxylation sites is 2. The number of hydrogen-bond acceptors (Lipinski definition) is 6. The van der Waals surface area contributed by atoms with Crippen molar-refractivity contribution < 1.29 is 4.42 Å². The maximum Gasteiger partial charge on any atom is 0.295 e. The van der Waals surface area contributed by atoms with Crippen LogP contribution in [0, 0.1) is 6.92 Å². The summed E-state index contributed by atoms with van der Waals surface area (Å²) in [5.41, 5.74) is 2.23. The van der Waals surface area contributed by atoms with Crippen LogP contribution in [0.2, 0.25) is 0 Å². The highest BCUT2D eigenvalue weighted by Gasteiger charge is 2.23. The number of rotatable bonds is 3. The van der Waals surface area contributed by atoms with Gasteiger partial charge in [-0.1, -0.05) is 12.1 Å². The molecule has 2 aromatic heterocycles. The molecule has 24 heavy (non-hydrogen) atoms. The molecule has 1 unspecified atom stereocenters. The van der Waals surface area contributed by atoms with Crippen LogP contribution in [0.4, 0.5) is 12.0 Å². The highest BCUT2D eigenvalue weighted by molar-refractivity contribution is 5.74. The Morgan fingerprint density at radius 1 is 1.33 bits per heavy atom. The van der Waals surface area contributed by atoms with Crippen LogP contribution in [0.15, 0.2) is 39.5 Å². The molecule has 0 spiro atoms. The molecular formula is C17H19N5O2. The van der Waals surface area contributed by atoms with Gasteiger partial charge in [-0.2, -0.15) is 4.98 Å². The van der Waals surface area contributed by atoms with E-state index in [1.807, 2.05) is 31.2 Å². The fourth-order valence-electron chi connectivity index (χ4n) is 3.11. The molecule has 3 heterocycles. The second kappa shape index (κ2) is 5.99. The lowest BCUT2D eigenvalue weighted by molar-refractivity contribution is 0.503. The Kier molecular flexibility index (Phi) is 3.68. The second-order valence-corrected chi connectivity index (χ2v) is 6.13. The summed E-state index contributed by atoms with van der Waals surface area (Å²) in [6.45, 7) is 3.44. The fraction of sp³-hybridized carbons (Fsp3) is 0.353. The summed E-state index contributed by atoms with van der Waals surface area (Å²) in [7, 11) is 0. The molecule has 1 fully saturated rings. The Labute approximate surface area is 138 Å². The summed E-state index contributed by atoms with van der Waals surface area (Å²) in [6, 6.07) is 9.93. The highest BCUT2D eigenvalue weighted by Crippen LogP contribution is 2.22. The summed E-state index contributed by atoms with van der Waals surface area (Å²) in [5.74, 6) is 0.629. The van der Waals surface area contributed by atoms with Gasteiger partial charge in [0.2, 0.25) is 5.95 Å². The van der Waals surface area contributed by atoms with E-state index in [-0.39, 0.29) is 11.6 Å². The van der Waals surface area contributed by atoms with Gasteiger partial charge in [-0.15, -0.1) is 0 Å². The minimum Gasteiger partial charge on any atom is -0.424 e. The molecule has 1 aromatic carbocycles. The van der Waals surface area contributed by atoms with Crippen molar-refractivity contribution in [1.29, 1.82) is 0 Å². The molecular weight excluding hydrogens is 306 g/mol. The van der Waals surface area contributed by atoms with Crippen LogP contribution in [-0.2, 0) is 0 Å². The summed E-state index contributed by atoms with van der Waals surface area (Å²) in [4.78, 5) is 25.5. The first kappa shape index (κ1) is 14.7. The number of aromatic nitrogens is 3. The number of aromatic amines is 1. The van der Waals surface area contributed by atoms with Crippen LogP contribution in [0.3, 0.4) is 0 Å². The molecule has 0 aliphatic carbocycles. The first-order valence-corrected chi connectivity index (χ1v) is 8.12. The molecule has 0 bridgehead atoms. The Balaban J connectivity index is 1.51. The van der Waals surface area contributed by atoms with Crippen LogP contribution in [0.1, 0.15) is 18.5 Å². The van der Waals surface area contributed by atoms with Crippen molar-refractivity contribution in [1.82, 2.24) is 15.0 Å². The lowest BCUT2D eigenvalue weighted by Gasteiger charge is -2.33. The number of piperidine rings is 1. The third-order valence-corrected chi connectivity index (χ3v) is 4.20. The Morgan fingerprint density at radius 2 is 2.21 bits per heavy atom. The van der Waals surface area contributed by atoms with Crippen molar-refractivity contribution in [3.63, 3.8) is 0 Å². The minimum absolute atomic E-state index is 0.119. The average Bonchev–Trinajstić information content (AvgIpc) is 2.96. The van der Waals surface area contributed by atoms with Gasteiger partial charge in [0.1, 0.15) is 5.52 Å². The molecule has 3 aromatic rings. The Hall–Kier alpha value is -2.83. The second-order valence-electron chi connectivity index (χ2n) is 6.13. The lowest BCUT2D eigenvalue weighted by atomic mass is 10.1. The molecule has 7 heteroatoms. The molecule has 124 valence electrons. The van der Waals surface area contributed by atoms with E-state index in [9.17, 15) is 4.79 Å². The number of anilines is 2. The molecule has 1 atom stereocenters. The van der Waals surface area contributed by atoms with Gasteiger partial charge in [0.05, 0.1) is 0 Å². The molecule has 0 amide bonds. The summed E-state index contributed by atoms with van der Waals surface area (Å²) in [6.07, 6.45) is 2.03. The van der Waals surface area contributed by atoms with Gasteiger partial charge < -0.3 is 14.6 Å². The van der Waals surface area contributed by atoms with E-state index in [2.05, 4.69) is 25.2 Å². The van der Waals surface area contributed by atoms with E-state index >= 15 is 0 Å². The van der Waals surface area contributed by atoms with Crippen molar-refractivity contribution in [2.45, 2.75) is 25.8 Å². The van der Waals surface area contributed by atoms with Gasteiger partial charge in [-0.05, 0) is 31.9 Å². The van der Waals surface area contributed by atoms with E-state index in [4.69, 9.17) is 4.42 Å². The summed E-state index contributed by atoms with van der Waals surface area (Å²) >= 11 is 0. The number of nitrogens with zero attached hydrogens (tertiary/aromatic N) is 3. The van der Waals surface area contributed by atoms with E-state index in [0.29, 0.717) is 12.0 Å². The smallest absolute Gasteiger partial charge is 0.295 e. The van der Waals surface area contributed by atoms with Crippen LogP contribution >= 0.6 is 0 Å². The van der Waals surface area contributed by atoms with Crippen LogP contribution < -0.4 is 15.8 Å². The molecule has 2 N–H and O–H groups in total. The number of oxazole rings is 1. The number of H-pyrrole nitrogens is 1. The molecule has 0 radical (unpaired) electrons. The Morgan fingerprint density at radius 3 is 3.04 bits per heavy atom. The van der Waals surface area contributed by atoms with Gasteiger partial charge in [-0.25, -0.2) is 4.98 Å². The van der Waals surface area contributed by atoms with E-state index in [1.54, 1.807) is 0 Å². The zero-order chi connectivity index (χ0) is 16.5. The molecule has 4 rings (SSSR count). The third kappa shape index (κ3) is 2.97. The van der Waals surface area contributed by atoms with E-state index in [0.717, 1.165) is 42.7 Å². The van der Waals surface area contributed by atoms with Crippen LogP contribution in [-0.4, -0.2) is 34.1 Å². The van der Waals surface area contributed by atoms with Crippen molar-refractivity contribution in [2.24, 2.45) is 0 Å². The van der Waals surface area contributed by atoms with Crippen molar-refractivity contribution in [3.05, 3.63) is 46.4 Å². The van der Waals surface area contributed by atoms with Crippen LogP contribution in [0.25, 0.3) is 11.1 Å². The van der Waals surface area contributed by atoms with Gasteiger partial charge in [0.15, 0.2) is 5.58 Å². The highest BCUT2D eigenvalue weighted by atomic mass is 16.4.